The van der Waals surface area contributed by atoms with E-state index in [-0.39, 0.29) is 0 Å². The van der Waals surface area contributed by atoms with Gasteiger partial charge in [0.15, 0.2) is 0 Å². The Labute approximate surface area is 121 Å². The molecule has 0 radical (unpaired) electrons. The van der Waals surface area contributed by atoms with Crippen LogP contribution in [0.3, 0.4) is 0 Å². The van der Waals surface area contributed by atoms with Crippen LogP contribution >= 0.6 is 0 Å². The lowest BCUT2D eigenvalue weighted by molar-refractivity contribution is 0.718. The van der Waals surface area contributed by atoms with Crippen LogP contribution in [-0.2, 0) is 0 Å². The number of aryl methyl sites for hydroxylation is 2. The molecule has 104 valence electrons. The maximum Gasteiger partial charge on any atom is 0.0731 e. The van der Waals surface area contributed by atoms with Crippen LogP contribution in [0, 0.1) is 13.8 Å². The average Bonchev–Trinajstić information content (AvgIpc) is 2.38. The molecule has 0 fully saturated rings. The number of aromatic nitrogens is 1. The van der Waals surface area contributed by atoms with E-state index in [1.807, 2.05) is 12.3 Å². The van der Waals surface area contributed by atoms with Gasteiger partial charge in [-0.25, -0.2) is 0 Å². The summed E-state index contributed by atoms with van der Waals surface area (Å²) in [6, 6.07) is 10.9. The lowest BCUT2D eigenvalue weighted by atomic mass is 9.99. The zero-order valence-electron chi connectivity index (χ0n) is 12.7. The van der Waals surface area contributed by atoms with Gasteiger partial charge in [0.05, 0.1) is 5.69 Å². The quantitative estimate of drug-likeness (QED) is 0.890. The fraction of sp³-hybridized carbons (Fsp3) is 0.278. The second kappa shape index (κ2) is 5.91. The topological polar surface area (TPSA) is 24.9 Å². The van der Waals surface area contributed by atoms with Gasteiger partial charge in [-0.2, -0.15) is 0 Å². The molecule has 0 aliphatic heterocycles. The predicted octanol–water partition coefficient (Wildman–Crippen LogP) is 4.33. The molecule has 0 aliphatic rings. The molecule has 0 amide bonds. The van der Waals surface area contributed by atoms with E-state index in [2.05, 4.69) is 68.8 Å². The summed E-state index contributed by atoms with van der Waals surface area (Å²) in [7, 11) is 0. The van der Waals surface area contributed by atoms with Crippen LogP contribution in [0.1, 0.15) is 30.5 Å². The second-order valence-corrected chi connectivity index (χ2v) is 5.48. The van der Waals surface area contributed by atoms with E-state index in [0.717, 1.165) is 22.5 Å². The van der Waals surface area contributed by atoms with Crippen molar-refractivity contribution >= 4 is 5.70 Å². The minimum atomic E-state index is 0.389. The van der Waals surface area contributed by atoms with Crippen molar-refractivity contribution < 1.29 is 0 Å². The highest BCUT2D eigenvalue weighted by molar-refractivity contribution is 5.71. The van der Waals surface area contributed by atoms with Crippen molar-refractivity contribution in [2.24, 2.45) is 0 Å². The monoisotopic (exact) mass is 266 g/mol. The molecule has 2 rings (SSSR count). The number of pyridine rings is 1. The average molecular weight is 266 g/mol. The van der Waals surface area contributed by atoms with Crippen LogP contribution in [0.4, 0.5) is 0 Å². The lowest BCUT2D eigenvalue weighted by Crippen LogP contribution is -2.20. The Balaban J connectivity index is 2.36. The summed E-state index contributed by atoms with van der Waals surface area (Å²) >= 11 is 0. The molecular formula is C18H22N2. The SMILES string of the molecule is C=C(NC(C)C)c1ccc(-c2ncccc2C)cc1C. The van der Waals surface area contributed by atoms with E-state index >= 15 is 0 Å². The van der Waals surface area contributed by atoms with Crippen molar-refractivity contribution in [3.8, 4) is 11.3 Å². The summed E-state index contributed by atoms with van der Waals surface area (Å²) in [5.41, 5.74) is 6.74. The van der Waals surface area contributed by atoms with Gasteiger partial charge in [0, 0.05) is 23.5 Å². The van der Waals surface area contributed by atoms with E-state index in [1.54, 1.807) is 0 Å². The van der Waals surface area contributed by atoms with Crippen LogP contribution in [0.5, 0.6) is 0 Å². The third-order valence-corrected chi connectivity index (χ3v) is 3.30. The molecule has 0 aliphatic carbocycles. The maximum atomic E-state index is 4.47. The summed E-state index contributed by atoms with van der Waals surface area (Å²) in [5, 5.41) is 3.36. The molecule has 1 N–H and O–H groups in total. The molecule has 0 atom stereocenters. The number of benzene rings is 1. The first kappa shape index (κ1) is 14.3. The first-order valence-corrected chi connectivity index (χ1v) is 6.97. The van der Waals surface area contributed by atoms with E-state index < -0.39 is 0 Å². The van der Waals surface area contributed by atoms with Crippen LogP contribution in [0.25, 0.3) is 17.0 Å². The predicted molar refractivity (Wildman–Crippen MR) is 86.5 cm³/mol. The highest BCUT2D eigenvalue weighted by Gasteiger charge is 2.08. The molecule has 20 heavy (non-hydrogen) atoms. The van der Waals surface area contributed by atoms with Gasteiger partial charge in [-0.3, -0.25) is 4.98 Å². The fourth-order valence-corrected chi connectivity index (χ4v) is 2.36. The summed E-state index contributed by atoms with van der Waals surface area (Å²) in [6.45, 7) is 12.6. The summed E-state index contributed by atoms with van der Waals surface area (Å²) in [5.74, 6) is 0. The van der Waals surface area contributed by atoms with Gasteiger partial charge in [0.2, 0.25) is 0 Å². The Morgan fingerprint density at radius 3 is 2.50 bits per heavy atom. The van der Waals surface area contributed by atoms with Gasteiger partial charge in [-0.05, 0) is 56.5 Å². The summed E-state index contributed by atoms with van der Waals surface area (Å²) in [4.78, 5) is 4.47. The Kier molecular flexibility index (Phi) is 4.23. The fourth-order valence-electron chi connectivity index (χ4n) is 2.36. The van der Waals surface area contributed by atoms with Crippen LogP contribution in [-0.4, -0.2) is 11.0 Å². The van der Waals surface area contributed by atoms with Crippen molar-refractivity contribution in [2.75, 3.05) is 0 Å². The molecule has 0 saturated heterocycles. The largest absolute Gasteiger partial charge is 0.383 e. The molecule has 0 unspecified atom stereocenters. The van der Waals surface area contributed by atoms with Crippen LogP contribution < -0.4 is 5.32 Å². The molecule has 0 spiro atoms. The Morgan fingerprint density at radius 1 is 1.15 bits per heavy atom. The van der Waals surface area contributed by atoms with Gasteiger partial charge < -0.3 is 5.32 Å². The highest BCUT2D eigenvalue weighted by Crippen LogP contribution is 2.25. The van der Waals surface area contributed by atoms with Crippen LogP contribution in [0.15, 0.2) is 43.1 Å². The van der Waals surface area contributed by atoms with Gasteiger partial charge in [0.1, 0.15) is 0 Å². The maximum absolute atomic E-state index is 4.47. The third kappa shape index (κ3) is 3.08. The first-order chi connectivity index (χ1) is 9.49. The first-order valence-electron chi connectivity index (χ1n) is 6.97. The Bertz CT molecular complexity index is 627. The van der Waals surface area contributed by atoms with Crippen molar-refractivity contribution in [1.29, 1.82) is 0 Å². The van der Waals surface area contributed by atoms with Gasteiger partial charge >= 0.3 is 0 Å². The van der Waals surface area contributed by atoms with Gasteiger partial charge in [-0.1, -0.05) is 24.8 Å². The molecular weight excluding hydrogens is 244 g/mol. The summed E-state index contributed by atoms with van der Waals surface area (Å²) in [6.07, 6.45) is 1.84. The minimum absolute atomic E-state index is 0.389. The van der Waals surface area contributed by atoms with Crippen molar-refractivity contribution in [3.05, 3.63) is 59.8 Å². The molecule has 1 aromatic heterocycles. The number of rotatable bonds is 4. The minimum Gasteiger partial charge on any atom is -0.383 e. The second-order valence-electron chi connectivity index (χ2n) is 5.48. The molecule has 0 saturated carbocycles. The molecule has 1 heterocycles. The number of nitrogens with one attached hydrogen (secondary N) is 1. The number of hydrogen-bond acceptors (Lipinski definition) is 2. The highest BCUT2D eigenvalue weighted by atomic mass is 14.9. The zero-order chi connectivity index (χ0) is 14.7. The molecule has 2 nitrogen and oxygen atoms in total. The van der Waals surface area contributed by atoms with E-state index in [9.17, 15) is 0 Å². The van der Waals surface area contributed by atoms with Gasteiger partial charge in [-0.15, -0.1) is 0 Å². The standard InChI is InChI=1S/C18H22N2/c1-12(2)20-15(5)17-9-8-16(11-14(17)4)18-13(3)7-6-10-19-18/h6-12,20H,5H2,1-4H3. The smallest absolute Gasteiger partial charge is 0.0731 e. The molecule has 2 heteroatoms. The zero-order valence-corrected chi connectivity index (χ0v) is 12.7. The number of nitrogens with zero attached hydrogens (tertiary/aromatic N) is 1. The Hall–Kier alpha value is -2.09. The lowest BCUT2D eigenvalue weighted by Gasteiger charge is -2.16. The Morgan fingerprint density at radius 2 is 1.90 bits per heavy atom. The number of hydrogen-bond donors (Lipinski definition) is 1. The van der Waals surface area contributed by atoms with Crippen LogP contribution in [0.2, 0.25) is 0 Å². The third-order valence-electron chi connectivity index (χ3n) is 3.30. The van der Waals surface area contributed by atoms with Gasteiger partial charge in [0.25, 0.3) is 0 Å². The summed E-state index contributed by atoms with van der Waals surface area (Å²) < 4.78 is 0. The van der Waals surface area contributed by atoms with E-state index in [0.29, 0.717) is 6.04 Å². The normalized spacial score (nSPS) is 10.7. The molecule has 1 aromatic carbocycles. The van der Waals surface area contributed by atoms with E-state index in [4.69, 9.17) is 0 Å². The molecule has 0 bridgehead atoms. The van der Waals surface area contributed by atoms with Crippen molar-refractivity contribution in [1.82, 2.24) is 10.3 Å². The van der Waals surface area contributed by atoms with Crippen molar-refractivity contribution in [3.63, 3.8) is 0 Å². The van der Waals surface area contributed by atoms with E-state index in [1.165, 1.54) is 11.1 Å². The molecule has 2 aromatic rings. The van der Waals surface area contributed by atoms with Crippen molar-refractivity contribution in [2.45, 2.75) is 33.7 Å².